The average molecular weight is 340 g/mol. The maximum atomic E-state index is 9.61. The molecule has 1 unspecified atom stereocenters. The van der Waals surface area contributed by atoms with Gasteiger partial charge in [0.05, 0.1) is 6.61 Å². The molecule has 1 heterocycles. The van der Waals surface area contributed by atoms with E-state index in [1.54, 1.807) is 12.1 Å². The van der Waals surface area contributed by atoms with Crippen molar-refractivity contribution < 1.29 is 14.6 Å². The van der Waals surface area contributed by atoms with Crippen LogP contribution >= 0.6 is 0 Å². The number of hydrogen-bond donors (Lipinski definition) is 1. The van der Waals surface area contributed by atoms with Crippen molar-refractivity contribution in [1.82, 2.24) is 0 Å². The first-order chi connectivity index (χ1) is 11.7. The Hall–Kier alpha value is -2.00. The van der Waals surface area contributed by atoms with Gasteiger partial charge in [-0.25, -0.2) is 0 Å². The van der Waals surface area contributed by atoms with Gasteiger partial charge in [-0.2, -0.15) is 0 Å². The summed E-state index contributed by atoms with van der Waals surface area (Å²) in [7, 11) is 0. The fraction of sp³-hybridized carbons (Fsp3) is 0.455. The van der Waals surface area contributed by atoms with Crippen LogP contribution in [0.3, 0.4) is 0 Å². The molecular weight excluding hydrogens is 312 g/mol. The predicted octanol–water partition coefficient (Wildman–Crippen LogP) is 4.73. The van der Waals surface area contributed by atoms with E-state index >= 15 is 0 Å². The highest BCUT2D eigenvalue weighted by atomic mass is 16.6. The number of phenols is 1. The van der Waals surface area contributed by atoms with Crippen LogP contribution in [0.4, 0.5) is 0 Å². The summed E-state index contributed by atoms with van der Waals surface area (Å²) in [4.78, 5) is 0. The SMILES string of the molecule is Cc1c(C)c(C(C)(C)c2ccc(O)cc2)c(C)c(C)c1OCC1CO1. The third-order valence-electron chi connectivity index (χ3n) is 5.59. The molecule has 3 heteroatoms. The lowest BCUT2D eigenvalue weighted by Gasteiger charge is -2.32. The van der Waals surface area contributed by atoms with Crippen molar-refractivity contribution in [1.29, 1.82) is 0 Å². The lowest BCUT2D eigenvalue weighted by molar-refractivity contribution is 0.260. The Kier molecular flexibility index (Phi) is 4.54. The molecular formula is C22H28O3. The van der Waals surface area contributed by atoms with E-state index in [1.807, 2.05) is 12.1 Å². The monoisotopic (exact) mass is 340 g/mol. The Morgan fingerprint density at radius 1 is 1.00 bits per heavy atom. The van der Waals surface area contributed by atoms with Gasteiger partial charge in [0, 0.05) is 5.41 Å². The third kappa shape index (κ3) is 3.25. The van der Waals surface area contributed by atoms with Crippen molar-refractivity contribution in [2.45, 2.75) is 53.1 Å². The lowest BCUT2D eigenvalue weighted by Crippen LogP contribution is -2.23. The Bertz CT molecular complexity index is 755. The smallest absolute Gasteiger partial charge is 0.125 e. The highest BCUT2D eigenvalue weighted by molar-refractivity contribution is 5.58. The van der Waals surface area contributed by atoms with Crippen molar-refractivity contribution in [3.05, 3.63) is 57.6 Å². The van der Waals surface area contributed by atoms with E-state index in [4.69, 9.17) is 9.47 Å². The largest absolute Gasteiger partial charge is 0.508 e. The van der Waals surface area contributed by atoms with Crippen LogP contribution in [0.15, 0.2) is 24.3 Å². The molecule has 1 fully saturated rings. The van der Waals surface area contributed by atoms with Crippen LogP contribution in [-0.4, -0.2) is 24.4 Å². The molecule has 3 nitrogen and oxygen atoms in total. The number of aromatic hydroxyl groups is 1. The molecule has 0 aliphatic carbocycles. The molecule has 2 aromatic carbocycles. The van der Waals surface area contributed by atoms with E-state index < -0.39 is 0 Å². The molecule has 0 bridgehead atoms. The lowest BCUT2D eigenvalue weighted by atomic mass is 9.72. The number of phenolic OH excluding ortho intramolecular Hbond substituents is 1. The Labute approximate surface area is 150 Å². The van der Waals surface area contributed by atoms with Crippen LogP contribution in [0.5, 0.6) is 11.5 Å². The van der Waals surface area contributed by atoms with Crippen LogP contribution in [0, 0.1) is 27.7 Å². The number of epoxide rings is 1. The Morgan fingerprint density at radius 3 is 2.00 bits per heavy atom. The van der Waals surface area contributed by atoms with Crippen LogP contribution in [0.1, 0.15) is 47.2 Å². The van der Waals surface area contributed by atoms with Gasteiger partial charge in [0.1, 0.15) is 24.2 Å². The van der Waals surface area contributed by atoms with E-state index in [0.717, 1.165) is 12.4 Å². The maximum Gasteiger partial charge on any atom is 0.125 e. The van der Waals surface area contributed by atoms with Crippen molar-refractivity contribution >= 4 is 0 Å². The first kappa shape index (κ1) is 17.8. The molecule has 1 atom stereocenters. The summed E-state index contributed by atoms with van der Waals surface area (Å²) in [6.07, 6.45) is 0.257. The summed E-state index contributed by atoms with van der Waals surface area (Å²) in [5, 5.41) is 9.61. The van der Waals surface area contributed by atoms with Crippen molar-refractivity contribution in [3.8, 4) is 11.5 Å². The molecule has 2 aromatic rings. The Balaban J connectivity index is 2.07. The number of rotatable bonds is 5. The minimum Gasteiger partial charge on any atom is -0.508 e. The van der Waals surface area contributed by atoms with Crippen LogP contribution in [-0.2, 0) is 10.2 Å². The molecule has 0 aromatic heterocycles. The van der Waals surface area contributed by atoms with E-state index in [-0.39, 0.29) is 11.5 Å². The standard InChI is InChI=1S/C22H28O3/c1-13-15(3)21(25-12-19-11-24-19)16(4)14(2)20(13)22(5,6)17-7-9-18(23)10-8-17/h7-10,19,23H,11-12H2,1-6H3. The van der Waals surface area contributed by atoms with E-state index in [2.05, 4.69) is 41.5 Å². The number of hydrogen-bond acceptors (Lipinski definition) is 3. The van der Waals surface area contributed by atoms with Gasteiger partial charge in [0.15, 0.2) is 0 Å². The summed E-state index contributed by atoms with van der Waals surface area (Å²) in [5.74, 6) is 1.29. The number of ether oxygens (including phenoxy) is 2. The molecule has 1 saturated heterocycles. The molecule has 3 rings (SSSR count). The minimum atomic E-state index is -0.157. The summed E-state index contributed by atoms with van der Waals surface area (Å²) >= 11 is 0. The zero-order chi connectivity index (χ0) is 18.4. The van der Waals surface area contributed by atoms with Gasteiger partial charge in [0.2, 0.25) is 0 Å². The molecule has 0 saturated carbocycles. The van der Waals surface area contributed by atoms with E-state index in [0.29, 0.717) is 12.4 Å². The molecule has 1 aliphatic rings. The predicted molar refractivity (Wildman–Crippen MR) is 101 cm³/mol. The van der Waals surface area contributed by atoms with E-state index in [9.17, 15) is 5.11 Å². The van der Waals surface area contributed by atoms with Gasteiger partial charge >= 0.3 is 0 Å². The zero-order valence-corrected chi connectivity index (χ0v) is 16.1. The van der Waals surface area contributed by atoms with Crippen LogP contribution in [0.2, 0.25) is 0 Å². The minimum absolute atomic E-state index is 0.157. The maximum absolute atomic E-state index is 9.61. The average Bonchev–Trinajstić information content (AvgIpc) is 3.38. The van der Waals surface area contributed by atoms with Gasteiger partial charge in [-0.1, -0.05) is 26.0 Å². The zero-order valence-electron chi connectivity index (χ0n) is 16.1. The highest BCUT2D eigenvalue weighted by Gasteiger charge is 2.30. The van der Waals surface area contributed by atoms with Crippen LogP contribution in [0.25, 0.3) is 0 Å². The first-order valence-electron chi connectivity index (χ1n) is 8.88. The fourth-order valence-electron chi connectivity index (χ4n) is 3.80. The molecule has 134 valence electrons. The summed E-state index contributed by atoms with van der Waals surface area (Å²) < 4.78 is 11.4. The van der Waals surface area contributed by atoms with Gasteiger partial charge in [-0.05, 0) is 73.2 Å². The second-order valence-electron chi connectivity index (χ2n) is 7.64. The van der Waals surface area contributed by atoms with Crippen molar-refractivity contribution in [2.24, 2.45) is 0 Å². The fourth-order valence-corrected chi connectivity index (χ4v) is 3.80. The molecule has 25 heavy (non-hydrogen) atoms. The number of benzene rings is 2. The molecule has 1 N–H and O–H groups in total. The summed E-state index contributed by atoms with van der Waals surface area (Å²) in [6, 6.07) is 7.53. The summed E-state index contributed by atoms with van der Waals surface area (Å²) in [6.45, 7) is 14.6. The molecule has 0 radical (unpaired) electrons. The second kappa shape index (κ2) is 6.38. The second-order valence-corrected chi connectivity index (χ2v) is 7.64. The third-order valence-corrected chi connectivity index (χ3v) is 5.59. The highest BCUT2D eigenvalue weighted by Crippen LogP contribution is 2.42. The van der Waals surface area contributed by atoms with Gasteiger partial charge in [0.25, 0.3) is 0 Å². The Morgan fingerprint density at radius 2 is 1.52 bits per heavy atom. The first-order valence-corrected chi connectivity index (χ1v) is 8.88. The quantitative estimate of drug-likeness (QED) is 0.800. The van der Waals surface area contributed by atoms with Crippen molar-refractivity contribution in [3.63, 3.8) is 0 Å². The van der Waals surface area contributed by atoms with Crippen LogP contribution < -0.4 is 4.74 Å². The normalized spacial score (nSPS) is 16.8. The summed E-state index contributed by atoms with van der Waals surface area (Å²) in [5.41, 5.74) is 7.31. The van der Waals surface area contributed by atoms with Crippen molar-refractivity contribution in [2.75, 3.05) is 13.2 Å². The van der Waals surface area contributed by atoms with Gasteiger partial charge in [-0.3, -0.25) is 0 Å². The molecule has 1 aliphatic heterocycles. The van der Waals surface area contributed by atoms with Gasteiger partial charge < -0.3 is 14.6 Å². The molecule has 0 amide bonds. The molecule has 0 spiro atoms. The van der Waals surface area contributed by atoms with E-state index in [1.165, 1.54) is 33.4 Å². The topological polar surface area (TPSA) is 42.0 Å². The van der Waals surface area contributed by atoms with Gasteiger partial charge in [-0.15, -0.1) is 0 Å².